The molecule has 0 aromatic carbocycles. The van der Waals surface area contributed by atoms with E-state index in [0.29, 0.717) is 5.96 Å². The first kappa shape index (κ1) is 12.4. The summed E-state index contributed by atoms with van der Waals surface area (Å²) >= 11 is 1.87. The molecule has 1 saturated carbocycles. The number of aliphatic imine (C=N–C) groups is 1. The van der Waals surface area contributed by atoms with Gasteiger partial charge in [0.25, 0.3) is 0 Å². The average molecular weight is 251 g/mol. The zero-order chi connectivity index (χ0) is 12.1. The van der Waals surface area contributed by atoms with Gasteiger partial charge in [0, 0.05) is 23.9 Å². The molecule has 1 aliphatic rings. The van der Waals surface area contributed by atoms with Crippen molar-refractivity contribution in [2.24, 2.45) is 10.7 Å². The molecule has 3 N–H and O–H groups in total. The van der Waals surface area contributed by atoms with Crippen LogP contribution in [0.4, 0.5) is 0 Å². The Morgan fingerprint density at radius 3 is 2.82 bits per heavy atom. The van der Waals surface area contributed by atoms with E-state index < -0.39 is 0 Å². The molecule has 1 heterocycles. The largest absolute Gasteiger partial charge is 0.370 e. The van der Waals surface area contributed by atoms with E-state index in [-0.39, 0.29) is 5.41 Å². The second kappa shape index (κ2) is 5.54. The highest BCUT2D eigenvalue weighted by atomic mass is 32.1. The molecule has 1 aliphatic carbocycles. The molecular weight excluding hydrogens is 230 g/mol. The third kappa shape index (κ3) is 2.80. The van der Waals surface area contributed by atoms with Crippen molar-refractivity contribution in [1.29, 1.82) is 0 Å². The van der Waals surface area contributed by atoms with Crippen molar-refractivity contribution in [1.82, 2.24) is 5.32 Å². The van der Waals surface area contributed by atoms with Crippen LogP contribution in [0, 0.1) is 0 Å². The summed E-state index contributed by atoms with van der Waals surface area (Å²) in [7, 11) is 1.72. The lowest BCUT2D eigenvalue weighted by atomic mass is 9.73. The van der Waals surface area contributed by atoms with E-state index in [9.17, 15) is 0 Å². The Kier molecular flexibility index (Phi) is 4.05. The predicted octanol–water partition coefficient (Wildman–Crippen LogP) is 2.48. The molecular formula is C13H21N3S. The third-order valence-electron chi connectivity index (χ3n) is 3.70. The first-order valence-corrected chi connectivity index (χ1v) is 7.15. The monoisotopic (exact) mass is 251 g/mol. The number of guanidine groups is 1. The fourth-order valence-corrected chi connectivity index (χ4v) is 3.65. The van der Waals surface area contributed by atoms with Gasteiger partial charge in [-0.05, 0) is 24.3 Å². The Hall–Kier alpha value is -1.03. The van der Waals surface area contributed by atoms with Gasteiger partial charge in [-0.15, -0.1) is 11.3 Å². The lowest BCUT2D eigenvalue weighted by molar-refractivity contribution is 0.297. The van der Waals surface area contributed by atoms with Gasteiger partial charge in [0.1, 0.15) is 0 Å². The molecule has 1 fully saturated rings. The summed E-state index contributed by atoms with van der Waals surface area (Å²) in [5.74, 6) is 0.548. The van der Waals surface area contributed by atoms with Crippen molar-refractivity contribution >= 4 is 17.3 Å². The Morgan fingerprint density at radius 2 is 2.24 bits per heavy atom. The molecule has 0 saturated heterocycles. The molecule has 1 aromatic heterocycles. The molecule has 0 atom stereocenters. The van der Waals surface area contributed by atoms with Gasteiger partial charge in [-0.2, -0.15) is 0 Å². The molecule has 0 unspecified atom stereocenters. The molecule has 0 spiro atoms. The van der Waals surface area contributed by atoms with Crippen LogP contribution in [0.3, 0.4) is 0 Å². The van der Waals surface area contributed by atoms with Crippen LogP contribution < -0.4 is 11.1 Å². The van der Waals surface area contributed by atoms with E-state index in [4.69, 9.17) is 5.73 Å². The maximum absolute atomic E-state index is 5.74. The van der Waals surface area contributed by atoms with Crippen LogP contribution in [0.15, 0.2) is 22.5 Å². The van der Waals surface area contributed by atoms with Crippen LogP contribution in [0.5, 0.6) is 0 Å². The Bertz CT molecular complexity index is 364. The maximum atomic E-state index is 5.74. The van der Waals surface area contributed by atoms with Gasteiger partial charge < -0.3 is 11.1 Å². The summed E-state index contributed by atoms with van der Waals surface area (Å²) in [5, 5.41) is 5.44. The number of nitrogens with one attached hydrogen (secondary N) is 1. The highest BCUT2D eigenvalue weighted by molar-refractivity contribution is 7.10. The Labute approximate surface area is 107 Å². The molecule has 0 amide bonds. The van der Waals surface area contributed by atoms with Crippen molar-refractivity contribution in [3.8, 4) is 0 Å². The molecule has 0 aliphatic heterocycles. The van der Waals surface area contributed by atoms with Crippen molar-refractivity contribution < 1.29 is 0 Å². The van der Waals surface area contributed by atoms with E-state index in [1.165, 1.54) is 37.0 Å². The van der Waals surface area contributed by atoms with E-state index in [2.05, 4.69) is 27.8 Å². The second-order valence-corrected chi connectivity index (χ2v) is 5.73. The van der Waals surface area contributed by atoms with Crippen LogP contribution in [0.25, 0.3) is 0 Å². The van der Waals surface area contributed by atoms with Gasteiger partial charge in [0.2, 0.25) is 0 Å². The summed E-state index contributed by atoms with van der Waals surface area (Å²) in [6, 6.07) is 4.41. The van der Waals surface area contributed by atoms with Crippen molar-refractivity contribution in [2.75, 3.05) is 13.6 Å². The lowest BCUT2D eigenvalue weighted by Gasteiger charge is -2.37. The average Bonchev–Trinajstić information content (AvgIpc) is 2.91. The molecule has 94 valence electrons. The van der Waals surface area contributed by atoms with Gasteiger partial charge in [0.05, 0.1) is 0 Å². The van der Waals surface area contributed by atoms with Crippen molar-refractivity contribution in [2.45, 2.75) is 37.5 Å². The first-order valence-electron chi connectivity index (χ1n) is 6.27. The quantitative estimate of drug-likeness (QED) is 0.640. The van der Waals surface area contributed by atoms with Crippen molar-refractivity contribution in [3.63, 3.8) is 0 Å². The van der Waals surface area contributed by atoms with Gasteiger partial charge in [-0.3, -0.25) is 4.99 Å². The zero-order valence-corrected chi connectivity index (χ0v) is 11.2. The van der Waals surface area contributed by atoms with Gasteiger partial charge >= 0.3 is 0 Å². The fraction of sp³-hybridized carbons (Fsp3) is 0.615. The highest BCUT2D eigenvalue weighted by Crippen LogP contribution is 2.40. The highest BCUT2D eigenvalue weighted by Gasteiger charge is 2.34. The number of nitrogens with zero attached hydrogens (tertiary/aromatic N) is 1. The maximum Gasteiger partial charge on any atom is 0.188 e. The molecule has 2 rings (SSSR count). The summed E-state index contributed by atoms with van der Waals surface area (Å²) in [6.07, 6.45) is 6.53. The summed E-state index contributed by atoms with van der Waals surface area (Å²) in [6.45, 7) is 0.913. The van der Waals surface area contributed by atoms with E-state index in [0.717, 1.165) is 6.54 Å². The van der Waals surface area contributed by atoms with Crippen LogP contribution >= 0.6 is 11.3 Å². The van der Waals surface area contributed by atoms with Crippen LogP contribution in [0.2, 0.25) is 0 Å². The normalized spacial score (nSPS) is 20.2. The summed E-state index contributed by atoms with van der Waals surface area (Å²) < 4.78 is 0. The lowest BCUT2D eigenvalue weighted by Crippen LogP contribution is -2.44. The Balaban J connectivity index is 2.12. The minimum Gasteiger partial charge on any atom is -0.370 e. The standard InChI is InChI=1S/C13H21N3S/c1-15-12(14)16-10-13(7-3-2-4-8-13)11-6-5-9-17-11/h5-6,9H,2-4,7-8,10H2,1H3,(H3,14,15,16). The van der Waals surface area contributed by atoms with Crippen LogP contribution in [-0.4, -0.2) is 19.6 Å². The van der Waals surface area contributed by atoms with Gasteiger partial charge in [0.15, 0.2) is 5.96 Å². The minimum absolute atomic E-state index is 0.279. The summed E-state index contributed by atoms with van der Waals surface area (Å²) in [5.41, 5.74) is 6.02. The topological polar surface area (TPSA) is 50.4 Å². The van der Waals surface area contributed by atoms with E-state index >= 15 is 0 Å². The van der Waals surface area contributed by atoms with E-state index in [1.807, 2.05) is 11.3 Å². The smallest absolute Gasteiger partial charge is 0.188 e. The number of rotatable bonds is 3. The van der Waals surface area contributed by atoms with Gasteiger partial charge in [-0.25, -0.2) is 0 Å². The van der Waals surface area contributed by atoms with Crippen molar-refractivity contribution in [3.05, 3.63) is 22.4 Å². The molecule has 0 bridgehead atoms. The molecule has 0 radical (unpaired) electrons. The molecule has 17 heavy (non-hydrogen) atoms. The number of hydrogen-bond donors (Lipinski definition) is 2. The van der Waals surface area contributed by atoms with E-state index in [1.54, 1.807) is 7.05 Å². The predicted molar refractivity (Wildman–Crippen MR) is 74.6 cm³/mol. The zero-order valence-electron chi connectivity index (χ0n) is 10.4. The minimum atomic E-state index is 0.279. The number of thiophene rings is 1. The molecule has 3 nitrogen and oxygen atoms in total. The first-order chi connectivity index (χ1) is 8.27. The van der Waals surface area contributed by atoms with Crippen LogP contribution in [0.1, 0.15) is 37.0 Å². The molecule has 4 heteroatoms. The Morgan fingerprint density at radius 1 is 1.47 bits per heavy atom. The fourth-order valence-electron chi connectivity index (χ4n) is 2.66. The number of nitrogens with two attached hydrogens (primary N) is 1. The second-order valence-electron chi connectivity index (χ2n) is 4.78. The third-order valence-corrected chi connectivity index (χ3v) is 4.82. The van der Waals surface area contributed by atoms with Gasteiger partial charge in [-0.1, -0.05) is 25.3 Å². The van der Waals surface area contributed by atoms with Crippen LogP contribution in [-0.2, 0) is 5.41 Å². The molecule has 1 aromatic rings. The number of hydrogen-bond acceptors (Lipinski definition) is 2. The summed E-state index contributed by atoms with van der Waals surface area (Å²) in [4.78, 5) is 5.47. The SMILES string of the molecule is CN=C(N)NCC1(c2cccs2)CCCCC1.